The number of benzene rings is 2. The second kappa shape index (κ2) is 10.6. The zero-order valence-corrected chi connectivity index (χ0v) is 17.6. The fraction of sp³-hybridized carbons (Fsp3) is 0.316. The van der Waals surface area contributed by atoms with Gasteiger partial charge in [0.05, 0.1) is 6.61 Å². The maximum atomic E-state index is 14.0. The van der Waals surface area contributed by atoms with Gasteiger partial charge in [0.25, 0.3) is 0 Å². The number of sulfonamides is 1. The average Bonchev–Trinajstić information content (AvgIpc) is 2.67. The lowest BCUT2D eigenvalue weighted by Crippen LogP contribution is -2.44. The van der Waals surface area contributed by atoms with E-state index in [-0.39, 0.29) is 24.5 Å². The van der Waals surface area contributed by atoms with Crippen LogP contribution in [0.25, 0.3) is 0 Å². The molecule has 0 fully saturated rings. The maximum absolute atomic E-state index is 14.0. The Balaban J connectivity index is 2.20. The number of amides is 1. The lowest BCUT2D eigenvalue weighted by Gasteiger charge is -2.19. The monoisotopic (exact) mass is 444 g/mol. The Kier molecular flexibility index (Phi) is 8.42. The first-order valence-electron chi connectivity index (χ1n) is 8.77. The van der Waals surface area contributed by atoms with Crippen molar-refractivity contribution in [3.63, 3.8) is 0 Å². The molecule has 2 aromatic rings. The first-order chi connectivity index (χ1) is 13.8. The smallest absolute Gasteiger partial charge is 0.244 e. The van der Waals surface area contributed by atoms with E-state index in [1.54, 1.807) is 6.92 Å². The van der Waals surface area contributed by atoms with Crippen LogP contribution >= 0.6 is 11.8 Å². The van der Waals surface area contributed by atoms with Gasteiger partial charge >= 0.3 is 0 Å². The van der Waals surface area contributed by atoms with Crippen LogP contribution in [0.15, 0.2) is 47.4 Å². The van der Waals surface area contributed by atoms with E-state index in [4.69, 9.17) is 4.74 Å². The molecule has 158 valence electrons. The highest BCUT2D eigenvalue weighted by Gasteiger charge is 2.27. The number of ether oxygens (including phenoxy) is 1. The van der Waals surface area contributed by atoms with Crippen LogP contribution in [0.3, 0.4) is 0 Å². The molecule has 0 aliphatic carbocycles. The number of anilines is 1. The van der Waals surface area contributed by atoms with Crippen molar-refractivity contribution >= 4 is 33.4 Å². The van der Waals surface area contributed by atoms with Crippen LogP contribution in [0.5, 0.6) is 5.75 Å². The molecule has 0 saturated heterocycles. The largest absolute Gasteiger partial charge is 0.491 e. The SMILES string of the molecule is CCOc1ccc(NC(=O)C(CCSC)NS(=O)(=O)c2ccccc2F)cc1F. The molecule has 0 spiro atoms. The Hall–Kier alpha value is -2.17. The summed E-state index contributed by atoms with van der Waals surface area (Å²) in [5, 5.41) is 2.49. The molecule has 2 N–H and O–H groups in total. The van der Waals surface area contributed by atoms with Crippen molar-refractivity contribution in [1.29, 1.82) is 0 Å². The third-order valence-electron chi connectivity index (χ3n) is 3.85. The van der Waals surface area contributed by atoms with Gasteiger partial charge in [-0.3, -0.25) is 4.79 Å². The molecule has 0 aliphatic rings. The number of carbonyl (C=O) groups is 1. The zero-order chi connectivity index (χ0) is 21.4. The fourth-order valence-corrected chi connectivity index (χ4v) is 4.25. The van der Waals surface area contributed by atoms with E-state index in [0.29, 0.717) is 5.75 Å². The number of hydrogen-bond acceptors (Lipinski definition) is 5. The van der Waals surface area contributed by atoms with Crippen LogP contribution in [0, 0.1) is 11.6 Å². The van der Waals surface area contributed by atoms with Crippen LogP contribution in [-0.2, 0) is 14.8 Å². The van der Waals surface area contributed by atoms with Crippen molar-refractivity contribution in [2.24, 2.45) is 0 Å². The Morgan fingerprint density at radius 2 is 1.90 bits per heavy atom. The van der Waals surface area contributed by atoms with Gasteiger partial charge in [-0.1, -0.05) is 12.1 Å². The van der Waals surface area contributed by atoms with Crippen LogP contribution in [-0.4, -0.2) is 39.0 Å². The summed E-state index contributed by atoms with van der Waals surface area (Å²) in [5.41, 5.74) is 0.148. The summed E-state index contributed by atoms with van der Waals surface area (Å²) in [5.74, 6) is -1.72. The van der Waals surface area contributed by atoms with Crippen LogP contribution in [0.4, 0.5) is 14.5 Å². The van der Waals surface area contributed by atoms with Crippen LogP contribution < -0.4 is 14.8 Å². The summed E-state index contributed by atoms with van der Waals surface area (Å²) >= 11 is 1.42. The zero-order valence-electron chi connectivity index (χ0n) is 15.9. The number of rotatable bonds is 10. The molecule has 0 saturated carbocycles. The molecule has 1 unspecified atom stereocenters. The summed E-state index contributed by atoms with van der Waals surface area (Å²) in [6, 6.07) is 7.63. The van der Waals surface area contributed by atoms with Gasteiger partial charge in [0.2, 0.25) is 15.9 Å². The van der Waals surface area contributed by atoms with Crippen LogP contribution in [0.2, 0.25) is 0 Å². The minimum absolute atomic E-state index is 0.0460. The van der Waals surface area contributed by atoms with Gasteiger partial charge in [-0.25, -0.2) is 17.2 Å². The second-order valence-electron chi connectivity index (χ2n) is 5.95. The third-order valence-corrected chi connectivity index (χ3v) is 6.00. The van der Waals surface area contributed by atoms with E-state index in [0.717, 1.165) is 18.2 Å². The third kappa shape index (κ3) is 6.41. The standard InChI is InChI=1S/C19H22F2N2O4S2/c1-3-27-17-9-8-13(12-15(17)21)22-19(24)16(10-11-28-2)23-29(25,26)18-7-5-4-6-14(18)20/h4-9,12,16,23H,3,10-11H2,1-2H3,(H,22,24). The van der Waals surface area contributed by atoms with Crippen molar-refractivity contribution in [2.75, 3.05) is 23.9 Å². The predicted octanol–water partition coefficient (Wildman–Crippen LogP) is 3.40. The van der Waals surface area contributed by atoms with Gasteiger partial charge < -0.3 is 10.1 Å². The Morgan fingerprint density at radius 1 is 1.17 bits per heavy atom. The molecular weight excluding hydrogens is 422 g/mol. The van der Waals surface area contributed by atoms with E-state index < -0.39 is 38.5 Å². The highest BCUT2D eigenvalue weighted by molar-refractivity contribution is 7.98. The quantitative estimate of drug-likeness (QED) is 0.587. The Bertz CT molecular complexity index is 955. The van der Waals surface area contributed by atoms with Crippen molar-refractivity contribution in [1.82, 2.24) is 4.72 Å². The van der Waals surface area contributed by atoms with Gasteiger partial charge in [0, 0.05) is 11.8 Å². The molecule has 0 aromatic heterocycles. The summed E-state index contributed by atoms with van der Waals surface area (Å²) in [7, 11) is -4.27. The molecule has 2 rings (SSSR count). The van der Waals surface area contributed by atoms with E-state index >= 15 is 0 Å². The van der Waals surface area contributed by atoms with Crippen molar-refractivity contribution in [3.8, 4) is 5.75 Å². The summed E-state index contributed by atoms with van der Waals surface area (Å²) in [6.45, 7) is 2.00. The molecule has 0 heterocycles. The Morgan fingerprint density at radius 3 is 2.52 bits per heavy atom. The molecule has 6 nitrogen and oxygen atoms in total. The summed E-state index contributed by atoms with van der Waals surface area (Å²) < 4.78 is 60.3. The van der Waals surface area contributed by atoms with E-state index in [1.807, 2.05) is 6.26 Å². The second-order valence-corrected chi connectivity index (χ2v) is 8.62. The van der Waals surface area contributed by atoms with E-state index in [2.05, 4.69) is 10.0 Å². The van der Waals surface area contributed by atoms with E-state index in [9.17, 15) is 22.0 Å². The molecule has 0 bridgehead atoms. The van der Waals surface area contributed by atoms with Gasteiger partial charge in [0.15, 0.2) is 11.6 Å². The molecule has 10 heteroatoms. The number of hydrogen-bond donors (Lipinski definition) is 2. The van der Waals surface area contributed by atoms with Gasteiger partial charge in [0.1, 0.15) is 16.8 Å². The predicted molar refractivity (Wildman–Crippen MR) is 110 cm³/mol. The van der Waals surface area contributed by atoms with Gasteiger partial charge in [-0.2, -0.15) is 16.5 Å². The average molecular weight is 445 g/mol. The summed E-state index contributed by atoms with van der Waals surface area (Å²) in [6.07, 6.45) is 1.97. The minimum Gasteiger partial charge on any atom is -0.491 e. The topological polar surface area (TPSA) is 84.5 Å². The van der Waals surface area contributed by atoms with Gasteiger partial charge in [-0.05, 0) is 49.6 Å². The first kappa shape index (κ1) is 23.1. The molecular formula is C19H22F2N2O4S2. The van der Waals surface area contributed by atoms with Crippen molar-refractivity contribution in [3.05, 3.63) is 54.1 Å². The number of nitrogens with one attached hydrogen (secondary N) is 2. The molecule has 1 amide bonds. The lowest BCUT2D eigenvalue weighted by atomic mass is 10.2. The molecule has 29 heavy (non-hydrogen) atoms. The maximum Gasteiger partial charge on any atom is 0.244 e. The van der Waals surface area contributed by atoms with Crippen LogP contribution in [0.1, 0.15) is 13.3 Å². The highest BCUT2D eigenvalue weighted by Crippen LogP contribution is 2.22. The molecule has 1 atom stereocenters. The van der Waals surface area contributed by atoms with Gasteiger partial charge in [-0.15, -0.1) is 0 Å². The number of halogens is 2. The highest BCUT2D eigenvalue weighted by atomic mass is 32.2. The Labute approximate surface area is 173 Å². The first-order valence-corrected chi connectivity index (χ1v) is 11.6. The molecule has 0 radical (unpaired) electrons. The number of thioether (sulfide) groups is 1. The fourth-order valence-electron chi connectivity index (χ4n) is 2.47. The normalized spacial score (nSPS) is 12.4. The van der Waals surface area contributed by atoms with Crippen molar-refractivity contribution < 1.29 is 26.7 Å². The minimum atomic E-state index is -4.27. The molecule has 0 aliphatic heterocycles. The number of carbonyl (C=O) groups excluding carboxylic acids is 1. The molecule has 2 aromatic carbocycles. The van der Waals surface area contributed by atoms with Crippen molar-refractivity contribution in [2.45, 2.75) is 24.3 Å². The summed E-state index contributed by atoms with van der Waals surface area (Å²) in [4.78, 5) is 12.1. The van der Waals surface area contributed by atoms with E-state index in [1.165, 1.54) is 36.0 Å². The lowest BCUT2D eigenvalue weighted by molar-refractivity contribution is -0.117.